The van der Waals surface area contributed by atoms with Crippen LogP contribution in [0.5, 0.6) is 0 Å². The van der Waals surface area contributed by atoms with E-state index >= 15 is 0 Å². The molecular formula is C54H84B3BrN2O10. The molecule has 0 aromatic heterocycles. The highest BCUT2D eigenvalue weighted by Crippen LogP contribution is 2.66. The number of carbonyl (C=O) groups excluding carboxylic acids is 2. The summed E-state index contributed by atoms with van der Waals surface area (Å²) in [5, 5.41) is 36.4. The van der Waals surface area contributed by atoms with Crippen LogP contribution in [0.15, 0.2) is 53.0 Å². The maximum absolute atomic E-state index is 12.6. The summed E-state index contributed by atoms with van der Waals surface area (Å²) in [6.45, 7) is 26.0. The van der Waals surface area contributed by atoms with Crippen molar-refractivity contribution in [1.82, 2.24) is 9.80 Å². The van der Waals surface area contributed by atoms with E-state index in [0.717, 1.165) is 101 Å². The molecule has 2 unspecified atom stereocenters. The van der Waals surface area contributed by atoms with Crippen LogP contribution in [0.3, 0.4) is 0 Å². The third-order valence-corrected chi connectivity index (χ3v) is 17.6. The van der Waals surface area contributed by atoms with Crippen molar-refractivity contribution in [1.29, 1.82) is 0 Å². The van der Waals surface area contributed by atoms with E-state index in [4.69, 9.17) is 39.2 Å². The summed E-state index contributed by atoms with van der Waals surface area (Å²) in [6.07, 6.45) is 10.5. The Morgan fingerprint density at radius 3 is 1.19 bits per heavy atom. The van der Waals surface area contributed by atoms with Crippen LogP contribution in [0.1, 0.15) is 170 Å². The van der Waals surface area contributed by atoms with E-state index in [0.29, 0.717) is 22.7 Å². The third-order valence-electron chi connectivity index (χ3n) is 17.1. The van der Waals surface area contributed by atoms with E-state index in [-0.39, 0.29) is 42.3 Å². The lowest BCUT2D eigenvalue weighted by molar-refractivity contribution is -0.143. The van der Waals surface area contributed by atoms with Crippen LogP contribution in [0.4, 0.5) is 0 Å². The Kier molecular flexibility index (Phi) is 19.0. The molecule has 7 aliphatic rings. The molecule has 9 rings (SSSR count). The number of halogens is 1. The number of aliphatic hydroxyl groups is 4. The van der Waals surface area contributed by atoms with Gasteiger partial charge in [0, 0.05) is 59.3 Å². The molecule has 0 bridgehead atoms. The van der Waals surface area contributed by atoms with Gasteiger partial charge in [-0.15, -0.1) is 0 Å². The maximum Gasteiger partial charge on any atom is 0.494 e. The number of ether oxygens (including phenoxy) is 2. The van der Waals surface area contributed by atoms with Crippen LogP contribution in [0, 0.1) is 10.8 Å². The predicted molar refractivity (Wildman–Crippen MR) is 282 cm³/mol. The number of carbonyl (C=O) groups is 2. The molecule has 2 saturated carbocycles. The number of benzene rings is 2. The molecule has 4 radical (unpaired) electrons. The largest absolute Gasteiger partial charge is 0.494 e. The van der Waals surface area contributed by atoms with Crippen molar-refractivity contribution in [3.63, 3.8) is 0 Å². The van der Waals surface area contributed by atoms with Crippen molar-refractivity contribution in [3.05, 3.63) is 64.1 Å². The molecule has 5 aliphatic heterocycles. The summed E-state index contributed by atoms with van der Waals surface area (Å²) in [5.41, 5.74) is 0.151. The van der Waals surface area contributed by atoms with Crippen LogP contribution in [0.25, 0.3) is 0 Å². The fourth-order valence-electron chi connectivity index (χ4n) is 9.60. The number of rotatable bonds is 7. The standard InChI is InChI=1S/C24H34BNO4.C18H22BrNO2.2C6H14O2.B2/c1-22(2)23(3,4)30-25(29-22)18-9-7-17(8-10-18)19-16-24(19)11-13-26(14-12-24)21(27)20-6-5-15-28-20;19-14-5-3-13(4-6-14)15-12-18(15)7-9-20(10-8-18)17(21)16-2-1-11-22-16;2*1-5(2,7)6(3,4)8;1-2/h7-10,19-20H,5-6,11-16H2,1-4H3;3-6,15-16H,1-2,7-12H2;2*7-8H,1-4H3;/t19?,20-;15?,16-;;;/m11.../s1. The van der Waals surface area contributed by atoms with Crippen LogP contribution in [0.2, 0.25) is 0 Å². The molecule has 70 heavy (non-hydrogen) atoms. The first kappa shape index (κ1) is 58.6. The smallest absolute Gasteiger partial charge is 0.399 e. The van der Waals surface area contributed by atoms with Gasteiger partial charge in [0.05, 0.1) is 33.6 Å². The molecule has 7 fully saturated rings. The van der Waals surface area contributed by atoms with Crippen molar-refractivity contribution < 1.29 is 48.8 Å². The van der Waals surface area contributed by atoms with E-state index in [1.54, 1.807) is 55.4 Å². The Balaban J connectivity index is 0.000000199. The molecule has 4 atom stereocenters. The van der Waals surface area contributed by atoms with Crippen molar-refractivity contribution in [2.24, 2.45) is 10.8 Å². The average molecular weight is 1030 g/mol. The molecule has 12 nitrogen and oxygen atoms in total. The lowest BCUT2D eigenvalue weighted by Gasteiger charge is -2.34. The minimum Gasteiger partial charge on any atom is -0.399 e. The van der Waals surface area contributed by atoms with Gasteiger partial charge in [-0.25, -0.2) is 0 Å². The second kappa shape index (κ2) is 22.7. The van der Waals surface area contributed by atoms with E-state index in [2.05, 4.69) is 108 Å². The summed E-state index contributed by atoms with van der Waals surface area (Å²) in [7, 11) is 7.70. The normalized spacial score (nSPS) is 26.1. The van der Waals surface area contributed by atoms with Crippen LogP contribution in [-0.4, -0.2) is 150 Å². The van der Waals surface area contributed by atoms with E-state index in [9.17, 15) is 9.59 Å². The molecule has 386 valence electrons. The number of hydrogen-bond acceptors (Lipinski definition) is 10. The quantitative estimate of drug-likeness (QED) is 0.208. The Hall–Kier alpha value is -2.27. The molecule has 2 spiro atoms. The third kappa shape index (κ3) is 14.3. The van der Waals surface area contributed by atoms with Crippen molar-refractivity contribution in [3.8, 4) is 0 Å². The van der Waals surface area contributed by atoms with Crippen molar-refractivity contribution in [2.45, 2.75) is 205 Å². The highest BCUT2D eigenvalue weighted by Gasteiger charge is 2.57. The number of piperidine rings is 2. The zero-order chi connectivity index (χ0) is 52.3. The fourth-order valence-corrected chi connectivity index (χ4v) is 9.86. The first-order valence-electron chi connectivity index (χ1n) is 25.6. The Labute approximate surface area is 431 Å². The molecule has 2 aromatic carbocycles. The molecule has 5 heterocycles. The van der Waals surface area contributed by atoms with Gasteiger partial charge in [0.2, 0.25) is 0 Å². The van der Waals surface area contributed by atoms with E-state index < -0.39 is 22.4 Å². The summed E-state index contributed by atoms with van der Waals surface area (Å²) >= 11 is 3.50. The van der Waals surface area contributed by atoms with Crippen LogP contribution < -0.4 is 5.46 Å². The van der Waals surface area contributed by atoms with Gasteiger partial charge in [-0.3, -0.25) is 9.59 Å². The molecule has 2 aromatic rings. The second-order valence-corrected chi connectivity index (χ2v) is 24.9. The van der Waals surface area contributed by atoms with Gasteiger partial charge in [0.1, 0.15) is 12.2 Å². The summed E-state index contributed by atoms with van der Waals surface area (Å²) in [5.74, 6) is 1.75. The molecule has 5 saturated heterocycles. The van der Waals surface area contributed by atoms with E-state index in [1.807, 2.05) is 9.80 Å². The lowest BCUT2D eigenvalue weighted by Crippen LogP contribution is -2.44. The summed E-state index contributed by atoms with van der Waals surface area (Å²) in [6, 6.07) is 17.6. The average Bonchev–Trinajstić information content (AvgIpc) is 3.80. The zero-order valence-corrected chi connectivity index (χ0v) is 46.1. The van der Waals surface area contributed by atoms with Gasteiger partial charge < -0.3 is 49.0 Å². The molecule has 16 heteroatoms. The van der Waals surface area contributed by atoms with Crippen LogP contribution in [-0.2, 0) is 28.4 Å². The van der Waals surface area contributed by atoms with Gasteiger partial charge in [-0.2, -0.15) is 0 Å². The maximum atomic E-state index is 12.6. The molecule has 2 amide bonds. The van der Waals surface area contributed by atoms with Gasteiger partial charge in [0.25, 0.3) is 11.8 Å². The number of nitrogens with zero attached hydrogens (tertiary/aromatic N) is 2. The van der Waals surface area contributed by atoms with Crippen molar-refractivity contribution in [2.75, 3.05) is 39.4 Å². The Morgan fingerprint density at radius 1 is 0.586 bits per heavy atom. The first-order valence-corrected chi connectivity index (χ1v) is 26.4. The SMILES string of the molecule is CC(C)(O)C(C)(C)O.CC(C)(O)C(C)(C)O.CC1(C)OB(c2ccc(C3CC34CCN(C(=O)[C@H]3CCCO3)CC4)cc2)OC1(C)C.O=C([C@H]1CCCO1)N1CCC2(CC1)CC2c1ccc(Br)cc1.[B][B]. The monoisotopic (exact) mass is 1030 g/mol. The summed E-state index contributed by atoms with van der Waals surface area (Å²) < 4.78 is 24.6. The Bertz CT molecular complexity index is 1940. The zero-order valence-electron chi connectivity index (χ0n) is 44.5. The first-order chi connectivity index (χ1) is 32.4. The van der Waals surface area contributed by atoms with Crippen LogP contribution >= 0.6 is 15.9 Å². The minimum absolute atomic E-state index is 0.157. The summed E-state index contributed by atoms with van der Waals surface area (Å²) in [4.78, 5) is 29.1. The molecule has 2 aliphatic carbocycles. The van der Waals surface area contributed by atoms with Gasteiger partial charge in [-0.1, -0.05) is 52.3 Å². The predicted octanol–water partition coefficient (Wildman–Crippen LogP) is 7.28. The van der Waals surface area contributed by atoms with Crippen molar-refractivity contribution >= 4 is 55.8 Å². The highest BCUT2D eigenvalue weighted by atomic mass is 79.9. The van der Waals surface area contributed by atoms with Gasteiger partial charge in [0.15, 0.2) is 0 Å². The Morgan fingerprint density at radius 2 is 0.900 bits per heavy atom. The highest BCUT2D eigenvalue weighted by molar-refractivity contribution is 9.10. The van der Waals surface area contributed by atoms with Gasteiger partial charge in [-0.05, 0) is 199 Å². The second-order valence-electron chi connectivity index (χ2n) is 23.9. The minimum atomic E-state index is -1.01. The number of hydrogen-bond donors (Lipinski definition) is 4. The lowest BCUT2D eigenvalue weighted by atomic mass is 9.78. The molecule has 4 N–H and O–H groups in total. The number of amides is 2. The fraction of sp³-hybridized carbons (Fsp3) is 0.741. The topological polar surface area (TPSA) is 158 Å². The molecular weight excluding hydrogens is 949 g/mol. The van der Waals surface area contributed by atoms with E-state index in [1.165, 1.54) is 24.0 Å². The number of likely N-dealkylation sites (tertiary alicyclic amines) is 2. The van der Waals surface area contributed by atoms with Gasteiger partial charge >= 0.3 is 7.12 Å².